The highest BCUT2D eigenvalue weighted by atomic mass is 35.5. The van der Waals surface area contributed by atoms with Crippen molar-refractivity contribution in [3.8, 4) is 0 Å². The predicted octanol–water partition coefficient (Wildman–Crippen LogP) is 2.67. The topological polar surface area (TPSA) is 99.3 Å². The number of carbonyl (C=O) groups is 1. The summed E-state index contributed by atoms with van der Waals surface area (Å²) in [5.41, 5.74) is 3.17. The normalized spacial score (nSPS) is 18.7. The summed E-state index contributed by atoms with van der Waals surface area (Å²) in [6.07, 6.45) is 0.563. The molecule has 3 aromatic rings. The van der Waals surface area contributed by atoms with Crippen molar-refractivity contribution in [2.24, 2.45) is 0 Å². The van der Waals surface area contributed by atoms with Crippen LogP contribution in [0.3, 0.4) is 0 Å². The van der Waals surface area contributed by atoms with Crippen molar-refractivity contribution in [3.63, 3.8) is 0 Å². The number of sulfone groups is 1. The molecule has 4 rings (SSSR count). The monoisotopic (exact) mass is 432 g/mol. The average Bonchev–Trinajstić information content (AvgIpc) is 3.23. The molecule has 1 aromatic heterocycles. The van der Waals surface area contributed by atoms with Gasteiger partial charge in [-0.3, -0.25) is 4.79 Å². The fourth-order valence-corrected chi connectivity index (χ4v) is 5.59. The van der Waals surface area contributed by atoms with E-state index >= 15 is 0 Å². The average molecular weight is 433 g/mol. The lowest BCUT2D eigenvalue weighted by molar-refractivity contribution is 0.0930. The van der Waals surface area contributed by atoms with E-state index < -0.39 is 16.4 Å². The van der Waals surface area contributed by atoms with Gasteiger partial charge >= 0.3 is 0 Å². The molecule has 1 heterocycles. The Kier molecular flexibility index (Phi) is 5.38. The standard InChI is InChI=1S/C21H21ClN2O4S/c22-15-5-6-18-14(9-15)11-20(23-18)21(26)24-19-10-13-3-1-2-4-16(13)17(19)12-29(27,28)8-7-25/h1-6,9,11,17,19,23,25H,7-8,10,12H2,(H,24,26)/t17-,19+/m0/s1. The molecule has 29 heavy (non-hydrogen) atoms. The molecule has 2 aromatic carbocycles. The highest BCUT2D eigenvalue weighted by molar-refractivity contribution is 7.91. The molecule has 8 heteroatoms. The Balaban J connectivity index is 1.59. The van der Waals surface area contributed by atoms with Crippen molar-refractivity contribution in [1.82, 2.24) is 10.3 Å². The van der Waals surface area contributed by atoms with Crippen molar-refractivity contribution in [2.45, 2.75) is 18.4 Å². The van der Waals surface area contributed by atoms with Gasteiger partial charge in [0.15, 0.2) is 9.84 Å². The molecular weight excluding hydrogens is 412 g/mol. The number of nitrogens with one attached hydrogen (secondary N) is 2. The minimum Gasteiger partial charge on any atom is -0.395 e. The fraction of sp³-hybridized carbons (Fsp3) is 0.286. The SMILES string of the molecule is O=C(N[C@@H]1Cc2ccccc2[C@@H]1CS(=O)(=O)CCO)c1cc2cc(Cl)ccc2[nH]1. The van der Waals surface area contributed by atoms with Crippen molar-refractivity contribution in [3.05, 3.63) is 70.4 Å². The summed E-state index contributed by atoms with van der Waals surface area (Å²) in [6, 6.07) is 14.4. The number of benzene rings is 2. The zero-order chi connectivity index (χ0) is 20.6. The van der Waals surface area contributed by atoms with Crippen LogP contribution in [-0.4, -0.2) is 48.6 Å². The van der Waals surface area contributed by atoms with Crippen LogP contribution in [0.2, 0.25) is 5.02 Å². The highest BCUT2D eigenvalue weighted by Gasteiger charge is 2.36. The van der Waals surface area contributed by atoms with Gasteiger partial charge in [-0.05, 0) is 41.8 Å². The van der Waals surface area contributed by atoms with E-state index in [1.165, 1.54) is 0 Å². The Morgan fingerprint density at radius 3 is 2.79 bits per heavy atom. The van der Waals surface area contributed by atoms with Gasteiger partial charge < -0.3 is 15.4 Å². The minimum absolute atomic E-state index is 0.113. The summed E-state index contributed by atoms with van der Waals surface area (Å²) < 4.78 is 24.7. The van der Waals surface area contributed by atoms with Gasteiger partial charge in [0, 0.05) is 27.9 Å². The van der Waals surface area contributed by atoms with Crippen LogP contribution in [0.5, 0.6) is 0 Å². The maximum Gasteiger partial charge on any atom is 0.267 e. The first kappa shape index (κ1) is 19.9. The van der Waals surface area contributed by atoms with Gasteiger partial charge in [0.25, 0.3) is 5.91 Å². The van der Waals surface area contributed by atoms with Crippen molar-refractivity contribution < 1.29 is 18.3 Å². The van der Waals surface area contributed by atoms with Crippen molar-refractivity contribution >= 4 is 38.2 Å². The van der Waals surface area contributed by atoms with Crippen molar-refractivity contribution in [2.75, 3.05) is 18.1 Å². The Morgan fingerprint density at radius 1 is 1.21 bits per heavy atom. The van der Waals surface area contributed by atoms with Gasteiger partial charge in [0.05, 0.1) is 18.1 Å². The van der Waals surface area contributed by atoms with E-state index in [0.29, 0.717) is 17.1 Å². The molecular formula is C21H21ClN2O4S. The molecule has 0 bridgehead atoms. The molecule has 1 aliphatic rings. The molecule has 0 saturated carbocycles. The molecule has 0 saturated heterocycles. The quantitative estimate of drug-likeness (QED) is 0.557. The summed E-state index contributed by atoms with van der Waals surface area (Å²) in [6.45, 7) is -0.411. The molecule has 2 atom stereocenters. The van der Waals surface area contributed by atoms with Crippen LogP contribution in [0.25, 0.3) is 10.9 Å². The van der Waals surface area contributed by atoms with Crippen LogP contribution < -0.4 is 5.32 Å². The van der Waals surface area contributed by atoms with Crippen LogP contribution in [0.15, 0.2) is 48.5 Å². The summed E-state index contributed by atoms with van der Waals surface area (Å²) in [7, 11) is -3.44. The lowest BCUT2D eigenvalue weighted by Gasteiger charge is -2.21. The van der Waals surface area contributed by atoms with E-state index in [2.05, 4.69) is 10.3 Å². The molecule has 6 nitrogen and oxygen atoms in total. The maximum absolute atomic E-state index is 12.9. The molecule has 1 aliphatic carbocycles. The number of fused-ring (bicyclic) bond motifs is 2. The largest absolute Gasteiger partial charge is 0.395 e. The van der Waals surface area contributed by atoms with Crippen LogP contribution in [0, 0.1) is 0 Å². The van der Waals surface area contributed by atoms with E-state index in [9.17, 15) is 13.2 Å². The van der Waals surface area contributed by atoms with E-state index in [0.717, 1.165) is 22.0 Å². The Morgan fingerprint density at radius 2 is 2.00 bits per heavy atom. The Bertz CT molecular complexity index is 1170. The second-order valence-electron chi connectivity index (χ2n) is 7.34. The Hall–Kier alpha value is -2.35. The van der Waals surface area contributed by atoms with E-state index in [-0.39, 0.29) is 29.4 Å². The molecule has 0 fully saturated rings. The number of aliphatic hydroxyl groups is 1. The number of hydrogen-bond donors (Lipinski definition) is 3. The number of halogens is 1. The second kappa shape index (κ2) is 7.82. The number of rotatable bonds is 6. The summed E-state index contributed by atoms with van der Waals surface area (Å²) in [5, 5.41) is 13.5. The third-order valence-electron chi connectivity index (χ3n) is 5.36. The summed E-state index contributed by atoms with van der Waals surface area (Å²) in [4.78, 5) is 16.0. The van der Waals surface area contributed by atoms with Crippen LogP contribution in [0.4, 0.5) is 0 Å². The predicted molar refractivity (Wildman–Crippen MR) is 113 cm³/mol. The van der Waals surface area contributed by atoms with Crippen molar-refractivity contribution in [1.29, 1.82) is 0 Å². The van der Waals surface area contributed by atoms with Gasteiger partial charge in [-0.2, -0.15) is 0 Å². The second-order valence-corrected chi connectivity index (χ2v) is 10.0. The van der Waals surface area contributed by atoms with E-state index in [4.69, 9.17) is 16.7 Å². The van der Waals surface area contributed by atoms with Gasteiger partial charge in [-0.1, -0.05) is 35.9 Å². The van der Waals surface area contributed by atoms with Crippen LogP contribution >= 0.6 is 11.6 Å². The number of aliphatic hydroxyl groups excluding tert-OH is 1. The number of H-pyrrole nitrogens is 1. The summed E-state index contributed by atoms with van der Waals surface area (Å²) >= 11 is 6.01. The molecule has 0 aliphatic heterocycles. The van der Waals surface area contributed by atoms with Gasteiger partial charge in [0.2, 0.25) is 0 Å². The molecule has 0 radical (unpaired) electrons. The molecule has 0 spiro atoms. The number of amides is 1. The molecule has 3 N–H and O–H groups in total. The van der Waals surface area contributed by atoms with Crippen LogP contribution in [-0.2, 0) is 16.3 Å². The van der Waals surface area contributed by atoms with Gasteiger partial charge in [-0.15, -0.1) is 0 Å². The zero-order valence-electron chi connectivity index (χ0n) is 15.6. The lowest BCUT2D eigenvalue weighted by atomic mass is 10.0. The van der Waals surface area contributed by atoms with Crippen LogP contribution in [0.1, 0.15) is 27.5 Å². The van der Waals surface area contributed by atoms with Gasteiger partial charge in [0.1, 0.15) is 5.69 Å². The maximum atomic E-state index is 12.9. The number of hydrogen-bond acceptors (Lipinski definition) is 4. The van der Waals surface area contributed by atoms with Gasteiger partial charge in [-0.25, -0.2) is 8.42 Å². The number of aromatic amines is 1. The summed E-state index contributed by atoms with van der Waals surface area (Å²) in [5.74, 6) is -1.04. The minimum atomic E-state index is -3.44. The number of aromatic nitrogens is 1. The molecule has 0 unspecified atom stereocenters. The zero-order valence-corrected chi connectivity index (χ0v) is 17.1. The molecule has 152 valence electrons. The van der Waals surface area contributed by atoms with E-state index in [1.807, 2.05) is 30.3 Å². The smallest absolute Gasteiger partial charge is 0.267 e. The first-order chi connectivity index (χ1) is 13.9. The highest BCUT2D eigenvalue weighted by Crippen LogP contribution is 2.34. The first-order valence-electron chi connectivity index (χ1n) is 9.34. The first-order valence-corrected chi connectivity index (χ1v) is 11.5. The number of carbonyl (C=O) groups excluding carboxylic acids is 1. The Labute approximate surface area is 173 Å². The third kappa shape index (κ3) is 4.17. The molecule has 1 amide bonds. The lowest BCUT2D eigenvalue weighted by Crippen LogP contribution is -2.40. The fourth-order valence-electron chi connectivity index (χ4n) is 4.00. The third-order valence-corrected chi connectivity index (χ3v) is 7.27. The van der Waals surface area contributed by atoms with E-state index in [1.54, 1.807) is 18.2 Å².